The van der Waals surface area contributed by atoms with Gasteiger partial charge in [-0.15, -0.1) is 0 Å². The van der Waals surface area contributed by atoms with Crippen LogP contribution in [0.5, 0.6) is 0 Å². The third kappa shape index (κ3) is 9.76. The van der Waals surface area contributed by atoms with Crippen LogP contribution in [0.3, 0.4) is 0 Å². The number of nitrogens with zero attached hydrogens (tertiary/aromatic N) is 9. The van der Waals surface area contributed by atoms with Crippen molar-refractivity contribution in [3.05, 3.63) is 268 Å². The topological polar surface area (TPSA) is 118 Å². The monoisotopic (exact) mass is 1030 g/mol. The van der Waals surface area contributed by atoms with Crippen LogP contribution < -0.4 is 0 Å². The molecule has 1 heterocycles. The van der Waals surface area contributed by atoms with Crippen molar-refractivity contribution in [2.45, 2.75) is 26.2 Å². The molecule has 0 radical (unpaired) electrons. The number of hydrogen-bond acceptors (Lipinski definition) is 4. The second kappa shape index (κ2) is 20.8. The third-order valence-electron chi connectivity index (χ3n) is 14.5. The van der Waals surface area contributed by atoms with E-state index >= 15 is 0 Å². The van der Waals surface area contributed by atoms with Crippen molar-refractivity contribution in [1.29, 1.82) is 21.0 Å². The molecule has 0 atom stereocenters. The summed E-state index contributed by atoms with van der Waals surface area (Å²) in [6.45, 7) is 38.2. The van der Waals surface area contributed by atoms with Gasteiger partial charge in [-0.05, 0) is 205 Å². The first-order chi connectivity index (χ1) is 39.3. The zero-order chi connectivity index (χ0) is 56.5. The average Bonchev–Trinajstić information content (AvgIpc) is 4.11. The van der Waals surface area contributed by atoms with Crippen molar-refractivity contribution < 1.29 is 0 Å². The Morgan fingerprint density at radius 1 is 0.333 bits per heavy atom. The van der Waals surface area contributed by atoms with Gasteiger partial charge in [0.15, 0.2) is 22.7 Å². The van der Waals surface area contributed by atoms with Crippen LogP contribution in [-0.2, 0) is 5.41 Å². The Balaban J connectivity index is 1.21. The minimum atomic E-state index is -0.170. The van der Waals surface area contributed by atoms with E-state index < -0.39 is 0 Å². The van der Waals surface area contributed by atoms with Gasteiger partial charge in [0.25, 0.3) is 0 Å². The van der Waals surface area contributed by atoms with Gasteiger partial charge in [0.1, 0.15) is 0 Å². The number of hydrogen-bond donors (Lipinski definition) is 0. The van der Waals surface area contributed by atoms with Crippen molar-refractivity contribution in [3.8, 4) is 108 Å². The molecule has 0 aliphatic carbocycles. The molecule has 9 nitrogen and oxygen atoms in total. The molecule has 11 aromatic rings. The van der Waals surface area contributed by atoms with Crippen LogP contribution in [0.25, 0.3) is 125 Å². The molecule has 0 fully saturated rings. The number of benzene rings is 10. The third-order valence-corrected chi connectivity index (χ3v) is 14.5. The van der Waals surface area contributed by atoms with Crippen molar-refractivity contribution in [3.63, 3.8) is 0 Å². The van der Waals surface area contributed by atoms with Gasteiger partial charge >= 0.3 is 0 Å². The summed E-state index contributed by atoms with van der Waals surface area (Å²) in [7, 11) is 0. The fourth-order valence-corrected chi connectivity index (χ4v) is 10.8. The lowest BCUT2D eigenvalue weighted by molar-refractivity contribution is 0.592. The van der Waals surface area contributed by atoms with E-state index in [1.165, 1.54) is 5.56 Å². The van der Waals surface area contributed by atoms with Crippen LogP contribution in [0.2, 0.25) is 0 Å². The first kappa shape index (κ1) is 51.0. The summed E-state index contributed by atoms with van der Waals surface area (Å²) < 4.78 is 2.31. The first-order valence-corrected chi connectivity index (χ1v) is 25.6. The highest BCUT2D eigenvalue weighted by Gasteiger charge is 2.23. The Bertz CT molecular complexity index is 4280. The second-order valence-electron chi connectivity index (χ2n) is 20.7. The molecular formula is C72H41N9. The van der Waals surface area contributed by atoms with E-state index in [0.29, 0.717) is 67.3 Å². The Morgan fingerprint density at radius 3 is 1.07 bits per heavy atom. The van der Waals surface area contributed by atoms with Gasteiger partial charge in [-0.25, -0.2) is 19.4 Å². The normalized spacial score (nSPS) is 10.8. The Labute approximate surface area is 469 Å². The fraction of sp³-hybridized carbons (Fsp3) is 0.0556. The van der Waals surface area contributed by atoms with Gasteiger partial charge in [0.05, 0.1) is 78.4 Å². The molecule has 0 aliphatic heterocycles. The molecule has 0 N–H and O–H groups in total. The van der Waals surface area contributed by atoms with Crippen molar-refractivity contribution in [2.24, 2.45) is 0 Å². The molecule has 11 rings (SSSR count). The molecule has 0 amide bonds. The van der Waals surface area contributed by atoms with E-state index in [-0.39, 0.29) is 5.41 Å². The van der Waals surface area contributed by atoms with Gasteiger partial charge in [0, 0.05) is 27.5 Å². The summed E-state index contributed by atoms with van der Waals surface area (Å²) in [5.41, 5.74) is 17.6. The van der Waals surface area contributed by atoms with E-state index in [4.69, 9.17) is 26.3 Å². The molecule has 9 heteroatoms. The van der Waals surface area contributed by atoms with Crippen LogP contribution in [0.4, 0.5) is 22.7 Å². The lowest BCUT2D eigenvalue weighted by atomic mass is 9.81. The van der Waals surface area contributed by atoms with Gasteiger partial charge in [0.2, 0.25) is 0 Å². The highest BCUT2D eigenvalue weighted by Crippen LogP contribution is 2.45. The molecule has 81 heavy (non-hydrogen) atoms. The zero-order valence-corrected chi connectivity index (χ0v) is 44.0. The molecule has 10 aromatic carbocycles. The van der Waals surface area contributed by atoms with Crippen LogP contribution in [-0.4, -0.2) is 4.57 Å². The van der Waals surface area contributed by atoms with Crippen LogP contribution in [0, 0.1) is 71.6 Å². The molecule has 0 saturated carbocycles. The standard InChI is InChI=1S/C72H41N9/c1-72(2,3)68-14-10-8-12-64(68)65-13-9-11-15-69(65)81-70-18-16-48(53-27-55(50-21-44(40-73)20-45(22-50)41-74)31-56(28-53)51-23-46(42-75)25-60(33-51)77-4)37-66(70)67-38-49(17-19-71(67)81)54-29-57(52-24-47(43-76)26-61(34-52)78-5)32-58(30-54)59-35-62(79-6)39-63(36-59)80-7/h8-39H,1-3H3. The molecule has 374 valence electrons. The number of para-hydroxylation sites is 1. The Morgan fingerprint density at radius 2 is 0.667 bits per heavy atom. The van der Waals surface area contributed by atoms with E-state index in [0.717, 1.165) is 83.1 Å². The Kier molecular flexibility index (Phi) is 13.1. The van der Waals surface area contributed by atoms with Gasteiger partial charge in [-0.2, -0.15) is 21.0 Å². The van der Waals surface area contributed by atoms with E-state index in [1.807, 2.05) is 36.4 Å². The summed E-state index contributed by atoms with van der Waals surface area (Å²) in [5.74, 6) is 0. The van der Waals surface area contributed by atoms with Crippen molar-refractivity contribution in [1.82, 2.24) is 4.57 Å². The van der Waals surface area contributed by atoms with Crippen LogP contribution >= 0.6 is 0 Å². The van der Waals surface area contributed by atoms with Gasteiger partial charge in [-0.3, -0.25) is 0 Å². The summed E-state index contributed by atoms with van der Waals surface area (Å²) in [4.78, 5) is 14.8. The molecule has 1 aromatic heterocycles. The lowest BCUT2D eigenvalue weighted by Crippen LogP contribution is -2.13. The first-order valence-electron chi connectivity index (χ1n) is 25.6. The lowest BCUT2D eigenvalue weighted by Gasteiger charge is -2.24. The summed E-state index contributed by atoms with van der Waals surface area (Å²) in [6.07, 6.45) is 0. The molecule has 0 saturated heterocycles. The van der Waals surface area contributed by atoms with E-state index in [1.54, 1.807) is 72.8 Å². The summed E-state index contributed by atoms with van der Waals surface area (Å²) in [5, 5.41) is 42.1. The molecule has 0 unspecified atom stereocenters. The smallest absolute Gasteiger partial charge is 0.189 e. The number of aromatic nitrogens is 1. The minimum absolute atomic E-state index is 0.170. The maximum atomic E-state index is 10.1. The highest BCUT2D eigenvalue weighted by atomic mass is 15.0. The maximum Gasteiger partial charge on any atom is 0.189 e. The van der Waals surface area contributed by atoms with Gasteiger partial charge in [-0.1, -0.05) is 93.6 Å². The van der Waals surface area contributed by atoms with Crippen molar-refractivity contribution in [2.75, 3.05) is 0 Å². The fourth-order valence-electron chi connectivity index (χ4n) is 10.8. The zero-order valence-electron chi connectivity index (χ0n) is 44.0. The highest BCUT2D eigenvalue weighted by molar-refractivity contribution is 6.12. The predicted octanol–water partition coefficient (Wildman–Crippen LogP) is 19.4. The number of rotatable bonds is 8. The van der Waals surface area contributed by atoms with Crippen LogP contribution in [0.15, 0.2) is 194 Å². The van der Waals surface area contributed by atoms with E-state index in [2.05, 4.69) is 154 Å². The number of fused-ring (bicyclic) bond motifs is 3. The Hall–Kier alpha value is -12.1. The largest absolute Gasteiger partial charge is 0.309 e. The summed E-state index contributed by atoms with van der Waals surface area (Å²) in [6, 6.07) is 71.0. The molecular weight excluding hydrogens is 991 g/mol. The summed E-state index contributed by atoms with van der Waals surface area (Å²) >= 11 is 0. The molecule has 0 bridgehead atoms. The molecule has 0 aliphatic rings. The average molecular weight is 1030 g/mol. The maximum absolute atomic E-state index is 10.1. The predicted molar refractivity (Wildman–Crippen MR) is 321 cm³/mol. The SMILES string of the molecule is [C-]#[N+]c1cc(C#N)cc(-c2cc(-c3cc(C#N)cc(C#N)c3)cc(-c3ccc4c(c3)c3cc(-c5cc(-c6cc(C#N)cc([N+]#[C-])c6)cc(-c6cc([N+]#[C-])cc([N+]#[C-])c6)c5)ccc3n4-c3ccccc3-c3ccccc3C(C)(C)C)c2)c1. The van der Waals surface area contributed by atoms with Gasteiger partial charge < -0.3 is 4.57 Å². The quantitative estimate of drug-likeness (QED) is 0.141. The van der Waals surface area contributed by atoms with Crippen molar-refractivity contribution >= 4 is 44.6 Å². The minimum Gasteiger partial charge on any atom is -0.309 e. The molecule has 0 spiro atoms. The van der Waals surface area contributed by atoms with Crippen LogP contribution in [0.1, 0.15) is 48.6 Å². The van der Waals surface area contributed by atoms with E-state index in [9.17, 15) is 21.0 Å². The number of nitriles is 4. The second-order valence-corrected chi connectivity index (χ2v) is 20.7.